The molecular formula is C15H20N4O. The van der Waals surface area contributed by atoms with Crippen LogP contribution in [0.25, 0.3) is 0 Å². The van der Waals surface area contributed by atoms with Crippen molar-refractivity contribution in [1.82, 2.24) is 19.9 Å². The van der Waals surface area contributed by atoms with E-state index in [2.05, 4.69) is 39.8 Å². The highest BCUT2D eigenvalue weighted by atomic mass is 16.1. The molecule has 0 saturated carbocycles. The highest BCUT2D eigenvalue weighted by molar-refractivity contribution is 5.25. The second-order valence-corrected chi connectivity index (χ2v) is 5.64. The van der Waals surface area contributed by atoms with E-state index in [0.717, 1.165) is 30.8 Å². The number of nitrogens with one attached hydrogen (secondary N) is 2. The summed E-state index contributed by atoms with van der Waals surface area (Å²) in [5.41, 5.74) is 5.51. The lowest BCUT2D eigenvalue weighted by Gasteiger charge is -2.27. The van der Waals surface area contributed by atoms with Crippen LogP contribution in [0.4, 0.5) is 0 Å². The van der Waals surface area contributed by atoms with Crippen LogP contribution in [-0.4, -0.2) is 26.4 Å². The van der Waals surface area contributed by atoms with Gasteiger partial charge >= 0.3 is 0 Å². The first-order chi connectivity index (χ1) is 9.52. The summed E-state index contributed by atoms with van der Waals surface area (Å²) < 4.78 is 0. The molecule has 0 aromatic carbocycles. The molecule has 5 heteroatoms. The zero-order chi connectivity index (χ0) is 14.3. The minimum absolute atomic E-state index is 0.0131. The molecule has 2 aromatic heterocycles. The summed E-state index contributed by atoms with van der Waals surface area (Å²) >= 11 is 0. The SMILES string of the molecule is Cc1cc(CN2CCc3nc(C)[nH]c(=O)c3C2)c(C)[nH]1. The summed E-state index contributed by atoms with van der Waals surface area (Å²) in [7, 11) is 0. The molecular weight excluding hydrogens is 252 g/mol. The lowest BCUT2D eigenvalue weighted by molar-refractivity contribution is 0.241. The van der Waals surface area contributed by atoms with Crippen molar-refractivity contribution in [3.05, 3.63) is 50.5 Å². The topological polar surface area (TPSA) is 64.8 Å². The first-order valence-electron chi connectivity index (χ1n) is 6.99. The van der Waals surface area contributed by atoms with E-state index in [0.29, 0.717) is 12.4 Å². The van der Waals surface area contributed by atoms with Gasteiger partial charge in [-0.1, -0.05) is 0 Å². The highest BCUT2D eigenvalue weighted by Crippen LogP contribution is 2.18. The number of nitrogens with zero attached hydrogens (tertiary/aromatic N) is 2. The molecule has 0 radical (unpaired) electrons. The summed E-state index contributed by atoms with van der Waals surface area (Å²) in [6.45, 7) is 8.51. The normalized spacial score (nSPS) is 15.3. The fourth-order valence-electron chi connectivity index (χ4n) is 2.93. The van der Waals surface area contributed by atoms with Crippen molar-refractivity contribution in [3.63, 3.8) is 0 Å². The maximum absolute atomic E-state index is 12.0. The fourth-order valence-corrected chi connectivity index (χ4v) is 2.93. The van der Waals surface area contributed by atoms with E-state index in [1.54, 1.807) is 0 Å². The zero-order valence-corrected chi connectivity index (χ0v) is 12.2. The van der Waals surface area contributed by atoms with E-state index in [4.69, 9.17) is 0 Å². The molecule has 2 N–H and O–H groups in total. The van der Waals surface area contributed by atoms with Gasteiger partial charge in [0.2, 0.25) is 0 Å². The van der Waals surface area contributed by atoms with Gasteiger partial charge in [-0.3, -0.25) is 9.69 Å². The summed E-state index contributed by atoms with van der Waals surface area (Å²) in [5, 5.41) is 0. The maximum Gasteiger partial charge on any atom is 0.255 e. The van der Waals surface area contributed by atoms with Crippen LogP contribution in [0, 0.1) is 20.8 Å². The largest absolute Gasteiger partial charge is 0.362 e. The first kappa shape index (κ1) is 13.1. The Kier molecular flexibility index (Phi) is 3.22. The Morgan fingerprint density at radius 2 is 2.10 bits per heavy atom. The van der Waals surface area contributed by atoms with Crippen LogP contribution in [0.15, 0.2) is 10.9 Å². The Labute approximate surface area is 118 Å². The van der Waals surface area contributed by atoms with Crippen molar-refractivity contribution >= 4 is 0 Å². The van der Waals surface area contributed by atoms with Gasteiger partial charge in [-0.15, -0.1) is 0 Å². The molecule has 0 fully saturated rings. The number of aromatic nitrogens is 3. The van der Waals surface area contributed by atoms with Crippen molar-refractivity contribution in [2.75, 3.05) is 6.54 Å². The van der Waals surface area contributed by atoms with Crippen molar-refractivity contribution in [3.8, 4) is 0 Å². The summed E-state index contributed by atoms with van der Waals surface area (Å²) in [5.74, 6) is 0.708. The van der Waals surface area contributed by atoms with Crippen LogP contribution in [0.3, 0.4) is 0 Å². The van der Waals surface area contributed by atoms with Gasteiger partial charge in [-0.05, 0) is 32.4 Å². The molecule has 1 aliphatic heterocycles. The van der Waals surface area contributed by atoms with E-state index in [1.807, 2.05) is 6.92 Å². The lowest BCUT2D eigenvalue weighted by Crippen LogP contribution is -2.35. The fraction of sp³-hybridized carbons (Fsp3) is 0.467. The van der Waals surface area contributed by atoms with Crippen LogP contribution >= 0.6 is 0 Å². The molecule has 5 nitrogen and oxygen atoms in total. The molecule has 1 aliphatic rings. The summed E-state index contributed by atoms with van der Waals surface area (Å²) in [4.78, 5) is 24.9. The standard InChI is InChI=1S/C15H20N4O/c1-9-6-12(10(2)16-9)7-19-5-4-14-13(8-19)15(20)18-11(3)17-14/h6,16H,4-5,7-8H2,1-3H3,(H,17,18,20). The van der Waals surface area contributed by atoms with Crippen molar-refractivity contribution in [2.45, 2.75) is 40.3 Å². The Balaban J connectivity index is 1.82. The molecule has 0 amide bonds. The van der Waals surface area contributed by atoms with Gasteiger partial charge < -0.3 is 9.97 Å². The van der Waals surface area contributed by atoms with Gasteiger partial charge in [-0.25, -0.2) is 4.98 Å². The van der Waals surface area contributed by atoms with Crippen LogP contribution in [-0.2, 0) is 19.5 Å². The van der Waals surface area contributed by atoms with Gasteiger partial charge in [0.1, 0.15) is 5.82 Å². The van der Waals surface area contributed by atoms with Gasteiger partial charge in [-0.2, -0.15) is 0 Å². The van der Waals surface area contributed by atoms with Crippen LogP contribution < -0.4 is 5.56 Å². The van der Waals surface area contributed by atoms with Gasteiger partial charge in [0.05, 0.1) is 11.3 Å². The molecule has 0 unspecified atom stereocenters. The second kappa shape index (κ2) is 4.90. The van der Waals surface area contributed by atoms with E-state index in [1.165, 1.54) is 17.0 Å². The van der Waals surface area contributed by atoms with Crippen molar-refractivity contribution < 1.29 is 0 Å². The predicted octanol–water partition coefficient (Wildman–Crippen LogP) is 1.58. The third kappa shape index (κ3) is 2.41. The number of H-pyrrole nitrogens is 2. The van der Waals surface area contributed by atoms with E-state index < -0.39 is 0 Å². The minimum Gasteiger partial charge on any atom is -0.362 e. The number of hydrogen-bond donors (Lipinski definition) is 2. The molecule has 2 aromatic rings. The Morgan fingerprint density at radius 1 is 1.30 bits per heavy atom. The molecule has 20 heavy (non-hydrogen) atoms. The molecule has 0 spiro atoms. The third-order valence-electron chi connectivity index (χ3n) is 3.92. The van der Waals surface area contributed by atoms with Gasteiger partial charge in [0, 0.05) is 37.4 Å². The Hall–Kier alpha value is -1.88. The highest BCUT2D eigenvalue weighted by Gasteiger charge is 2.21. The predicted molar refractivity (Wildman–Crippen MR) is 77.7 cm³/mol. The van der Waals surface area contributed by atoms with Crippen LogP contribution in [0.2, 0.25) is 0 Å². The molecule has 3 heterocycles. The van der Waals surface area contributed by atoms with Gasteiger partial charge in [0.15, 0.2) is 0 Å². The van der Waals surface area contributed by atoms with Gasteiger partial charge in [0.25, 0.3) is 5.56 Å². The van der Waals surface area contributed by atoms with Crippen LogP contribution in [0.5, 0.6) is 0 Å². The number of hydrogen-bond acceptors (Lipinski definition) is 3. The number of aromatic amines is 2. The van der Waals surface area contributed by atoms with Crippen LogP contribution in [0.1, 0.15) is 34.0 Å². The quantitative estimate of drug-likeness (QED) is 0.872. The molecule has 0 atom stereocenters. The Bertz CT molecular complexity index is 698. The second-order valence-electron chi connectivity index (χ2n) is 5.64. The minimum atomic E-state index is 0.0131. The smallest absolute Gasteiger partial charge is 0.255 e. The molecule has 106 valence electrons. The summed E-state index contributed by atoms with van der Waals surface area (Å²) in [6, 6.07) is 2.18. The monoisotopic (exact) mass is 272 g/mol. The molecule has 3 rings (SSSR count). The van der Waals surface area contributed by atoms with E-state index in [-0.39, 0.29) is 5.56 Å². The lowest BCUT2D eigenvalue weighted by atomic mass is 10.1. The number of rotatable bonds is 2. The zero-order valence-electron chi connectivity index (χ0n) is 12.2. The Morgan fingerprint density at radius 3 is 2.80 bits per heavy atom. The average Bonchev–Trinajstić information content (AvgIpc) is 2.68. The number of fused-ring (bicyclic) bond motifs is 1. The molecule has 0 saturated heterocycles. The number of aryl methyl sites for hydroxylation is 3. The molecule has 0 aliphatic carbocycles. The first-order valence-corrected chi connectivity index (χ1v) is 6.99. The van der Waals surface area contributed by atoms with E-state index in [9.17, 15) is 4.79 Å². The summed E-state index contributed by atoms with van der Waals surface area (Å²) in [6.07, 6.45) is 0.850. The van der Waals surface area contributed by atoms with Crippen molar-refractivity contribution in [2.24, 2.45) is 0 Å². The van der Waals surface area contributed by atoms with E-state index >= 15 is 0 Å². The third-order valence-corrected chi connectivity index (χ3v) is 3.92. The average molecular weight is 272 g/mol. The maximum atomic E-state index is 12.0. The molecule has 0 bridgehead atoms. The van der Waals surface area contributed by atoms with Crippen molar-refractivity contribution in [1.29, 1.82) is 0 Å².